The molecule has 0 bridgehead atoms. The molecule has 2 amide bonds. The number of amides is 2. The Morgan fingerprint density at radius 2 is 2.11 bits per heavy atom. The number of carbonyl (C=O) groups is 2. The molecular formula is C12H18F2N2O3. The molecule has 1 aliphatic heterocycles. The van der Waals surface area contributed by atoms with E-state index in [4.69, 9.17) is 5.11 Å². The highest BCUT2D eigenvalue weighted by Crippen LogP contribution is 2.38. The zero-order chi connectivity index (χ0) is 14.0. The maximum absolute atomic E-state index is 13.0. The standard InChI is InChI=1S/C12H18F2N2O3/c13-12(14)3-1-8(5-12)6-15-11(19)16-4-2-9(7-16)10(17)18/h8-9H,1-7H2,(H,15,19)(H,17,18). The number of rotatable bonds is 3. The van der Waals surface area contributed by atoms with Gasteiger partial charge < -0.3 is 15.3 Å². The third-order valence-corrected chi connectivity index (χ3v) is 3.87. The highest BCUT2D eigenvalue weighted by Gasteiger charge is 2.39. The van der Waals surface area contributed by atoms with Gasteiger partial charge >= 0.3 is 12.0 Å². The maximum atomic E-state index is 13.0. The largest absolute Gasteiger partial charge is 0.481 e. The fraction of sp³-hybridized carbons (Fsp3) is 0.833. The van der Waals surface area contributed by atoms with E-state index in [1.807, 2.05) is 0 Å². The first-order valence-electron chi connectivity index (χ1n) is 6.51. The van der Waals surface area contributed by atoms with Gasteiger partial charge in [0.15, 0.2) is 0 Å². The van der Waals surface area contributed by atoms with Crippen molar-refractivity contribution in [3.8, 4) is 0 Å². The highest BCUT2D eigenvalue weighted by molar-refractivity contribution is 5.77. The predicted molar refractivity (Wildman–Crippen MR) is 63.0 cm³/mol. The number of hydrogen-bond donors (Lipinski definition) is 2. The molecule has 1 saturated heterocycles. The Morgan fingerprint density at radius 1 is 1.37 bits per heavy atom. The molecule has 1 heterocycles. The summed E-state index contributed by atoms with van der Waals surface area (Å²) in [4.78, 5) is 24.0. The molecule has 0 aromatic carbocycles. The summed E-state index contributed by atoms with van der Waals surface area (Å²) in [5.41, 5.74) is 0. The molecule has 2 aliphatic rings. The topological polar surface area (TPSA) is 69.6 Å². The third-order valence-electron chi connectivity index (χ3n) is 3.87. The molecule has 1 aliphatic carbocycles. The number of aliphatic carboxylic acids is 1. The third kappa shape index (κ3) is 3.54. The van der Waals surface area contributed by atoms with Gasteiger partial charge in [-0.3, -0.25) is 4.79 Å². The molecule has 0 radical (unpaired) electrons. The molecule has 2 unspecified atom stereocenters. The zero-order valence-corrected chi connectivity index (χ0v) is 10.6. The lowest BCUT2D eigenvalue weighted by Crippen LogP contribution is -2.40. The van der Waals surface area contributed by atoms with Gasteiger partial charge in [-0.25, -0.2) is 13.6 Å². The molecule has 2 atom stereocenters. The van der Waals surface area contributed by atoms with Crippen LogP contribution in [0, 0.1) is 11.8 Å². The molecule has 7 heteroatoms. The Hall–Kier alpha value is -1.40. The van der Waals surface area contributed by atoms with Crippen LogP contribution in [0.15, 0.2) is 0 Å². The summed E-state index contributed by atoms with van der Waals surface area (Å²) < 4.78 is 25.9. The van der Waals surface area contributed by atoms with E-state index in [2.05, 4.69) is 5.32 Å². The first-order valence-corrected chi connectivity index (χ1v) is 6.51. The van der Waals surface area contributed by atoms with Crippen LogP contribution in [0.3, 0.4) is 0 Å². The summed E-state index contributed by atoms with van der Waals surface area (Å²) in [6.45, 7) is 0.842. The van der Waals surface area contributed by atoms with Gasteiger partial charge in [-0.2, -0.15) is 0 Å². The summed E-state index contributed by atoms with van der Waals surface area (Å²) in [5, 5.41) is 11.5. The Kier molecular flexibility index (Phi) is 3.91. The molecule has 2 fully saturated rings. The van der Waals surface area contributed by atoms with Crippen LogP contribution < -0.4 is 5.32 Å². The Labute approximate surface area is 109 Å². The van der Waals surface area contributed by atoms with Crippen LogP contribution in [-0.2, 0) is 4.79 Å². The SMILES string of the molecule is O=C(O)C1CCN(C(=O)NCC2CCC(F)(F)C2)C1. The van der Waals surface area contributed by atoms with Crippen LogP contribution in [0.1, 0.15) is 25.7 Å². The number of likely N-dealkylation sites (tertiary alicyclic amines) is 1. The van der Waals surface area contributed by atoms with Crippen LogP contribution in [-0.4, -0.2) is 47.6 Å². The molecule has 1 saturated carbocycles. The minimum Gasteiger partial charge on any atom is -0.481 e. The second-order valence-corrected chi connectivity index (χ2v) is 5.42. The zero-order valence-electron chi connectivity index (χ0n) is 10.6. The predicted octanol–water partition coefficient (Wildman–Crippen LogP) is 1.54. The van der Waals surface area contributed by atoms with E-state index in [9.17, 15) is 18.4 Å². The van der Waals surface area contributed by atoms with E-state index in [0.717, 1.165) is 0 Å². The van der Waals surface area contributed by atoms with Crippen molar-refractivity contribution >= 4 is 12.0 Å². The second-order valence-electron chi connectivity index (χ2n) is 5.42. The lowest BCUT2D eigenvalue weighted by Gasteiger charge is -2.18. The van der Waals surface area contributed by atoms with Crippen molar-refractivity contribution in [1.82, 2.24) is 10.2 Å². The van der Waals surface area contributed by atoms with Crippen LogP contribution in [0.4, 0.5) is 13.6 Å². The molecular weight excluding hydrogens is 258 g/mol. The Morgan fingerprint density at radius 3 is 2.63 bits per heavy atom. The lowest BCUT2D eigenvalue weighted by molar-refractivity contribution is -0.141. The number of carbonyl (C=O) groups excluding carboxylic acids is 1. The highest BCUT2D eigenvalue weighted by atomic mass is 19.3. The number of alkyl halides is 2. The average molecular weight is 276 g/mol. The van der Waals surface area contributed by atoms with Crippen LogP contribution in [0.2, 0.25) is 0 Å². The number of urea groups is 1. The monoisotopic (exact) mass is 276 g/mol. The normalized spacial score (nSPS) is 29.5. The van der Waals surface area contributed by atoms with Crippen molar-refractivity contribution in [2.75, 3.05) is 19.6 Å². The maximum Gasteiger partial charge on any atom is 0.317 e. The second kappa shape index (κ2) is 5.30. The van der Waals surface area contributed by atoms with Gasteiger partial charge in [0.25, 0.3) is 0 Å². The molecule has 0 aromatic heterocycles. The van der Waals surface area contributed by atoms with Crippen molar-refractivity contribution in [1.29, 1.82) is 0 Å². The van der Waals surface area contributed by atoms with Crippen molar-refractivity contribution in [3.05, 3.63) is 0 Å². The summed E-state index contributed by atoms with van der Waals surface area (Å²) in [6, 6.07) is -0.348. The van der Waals surface area contributed by atoms with E-state index in [1.54, 1.807) is 0 Å². The van der Waals surface area contributed by atoms with Gasteiger partial charge in [0, 0.05) is 32.5 Å². The molecule has 0 spiro atoms. The van der Waals surface area contributed by atoms with Gasteiger partial charge in [0.2, 0.25) is 5.92 Å². The molecule has 2 N–H and O–H groups in total. The number of carboxylic acids is 1. The number of carboxylic acid groups (broad SMARTS) is 1. The summed E-state index contributed by atoms with van der Waals surface area (Å²) in [5.74, 6) is -4.19. The number of hydrogen-bond acceptors (Lipinski definition) is 2. The van der Waals surface area contributed by atoms with E-state index in [1.165, 1.54) is 4.90 Å². The molecule has 108 valence electrons. The Balaban J connectivity index is 1.72. The van der Waals surface area contributed by atoms with Gasteiger partial charge in [-0.15, -0.1) is 0 Å². The lowest BCUT2D eigenvalue weighted by atomic mass is 10.1. The van der Waals surface area contributed by atoms with E-state index in [0.29, 0.717) is 19.4 Å². The van der Waals surface area contributed by atoms with Crippen molar-refractivity contribution < 1.29 is 23.5 Å². The van der Waals surface area contributed by atoms with Gasteiger partial charge in [-0.1, -0.05) is 0 Å². The molecule has 5 nitrogen and oxygen atoms in total. The van der Waals surface area contributed by atoms with Crippen LogP contribution in [0.25, 0.3) is 0 Å². The molecule has 2 rings (SSSR count). The first kappa shape index (κ1) is 14.0. The van der Waals surface area contributed by atoms with Gasteiger partial charge in [0.05, 0.1) is 5.92 Å². The minimum atomic E-state index is -2.60. The number of halogens is 2. The summed E-state index contributed by atoms with van der Waals surface area (Å²) in [7, 11) is 0. The van der Waals surface area contributed by atoms with E-state index < -0.39 is 17.8 Å². The molecule has 0 aromatic rings. The summed E-state index contributed by atoms with van der Waals surface area (Å²) >= 11 is 0. The Bertz CT molecular complexity index is 376. The van der Waals surface area contributed by atoms with E-state index in [-0.39, 0.29) is 37.9 Å². The summed E-state index contributed by atoms with van der Waals surface area (Å²) in [6.07, 6.45) is 0.582. The van der Waals surface area contributed by atoms with Crippen LogP contribution in [0.5, 0.6) is 0 Å². The van der Waals surface area contributed by atoms with Crippen molar-refractivity contribution in [2.45, 2.75) is 31.6 Å². The molecule has 19 heavy (non-hydrogen) atoms. The van der Waals surface area contributed by atoms with Crippen LogP contribution >= 0.6 is 0 Å². The van der Waals surface area contributed by atoms with Gasteiger partial charge in [-0.05, 0) is 18.8 Å². The fourth-order valence-electron chi connectivity index (χ4n) is 2.71. The first-order chi connectivity index (χ1) is 8.87. The number of nitrogens with one attached hydrogen (secondary N) is 1. The minimum absolute atomic E-state index is 0.113. The van der Waals surface area contributed by atoms with Gasteiger partial charge in [0.1, 0.15) is 0 Å². The van der Waals surface area contributed by atoms with Crippen molar-refractivity contribution in [3.63, 3.8) is 0 Å². The number of nitrogens with zero attached hydrogens (tertiary/aromatic N) is 1. The smallest absolute Gasteiger partial charge is 0.317 e. The van der Waals surface area contributed by atoms with E-state index >= 15 is 0 Å². The average Bonchev–Trinajstić information content (AvgIpc) is 2.92. The quantitative estimate of drug-likeness (QED) is 0.821. The fourth-order valence-corrected chi connectivity index (χ4v) is 2.71. The van der Waals surface area contributed by atoms with Crippen molar-refractivity contribution in [2.24, 2.45) is 11.8 Å².